The van der Waals surface area contributed by atoms with Crippen molar-refractivity contribution < 1.29 is 9.21 Å². The van der Waals surface area contributed by atoms with Gasteiger partial charge in [0.15, 0.2) is 0 Å². The van der Waals surface area contributed by atoms with Gasteiger partial charge in [0.1, 0.15) is 11.5 Å². The molecule has 3 heterocycles. The van der Waals surface area contributed by atoms with Gasteiger partial charge in [-0.2, -0.15) is 0 Å². The summed E-state index contributed by atoms with van der Waals surface area (Å²) in [5.41, 5.74) is 1.50. The topological polar surface area (TPSA) is 68.3 Å². The summed E-state index contributed by atoms with van der Waals surface area (Å²) >= 11 is 0. The maximum absolute atomic E-state index is 12.7. The van der Waals surface area contributed by atoms with E-state index in [9.17, 15) is 9.59 Å². The Morgan fingerprint density at radius 3 is 2.50 bits per heavy atom. The van der Waals surface area contributed by atoms with Crippen molar-refractivity contribution in [3.05, 3.63) is 51.6 Å². The Hall–Kier alpha value is -2.37. The SMILES string of the molecule is Cc1cc(C(=O)N2CCC(Cn3cnc(C(C)C)cc3=O)CC2)c(C)o1. The van der Waals surface area contributed by atoms with E-state index in [0.29, 0.717) is 36.9 Å². The van der Waals surface area contributed by atoms with Gasteiger partial charge >= 0.3 is 0 Å². The van der Waals surface area contributed by atoms with E-state index in [1.165, 1.54) is 0 Å². The van der Waals surface area contributed by atoms with E-state index >= 15 is 0 Å². The highest BCUT2D eigenvalue weighted by Gasteiger charge is 2.26. The van der Waals surface area contributed by atoms with Crippen LogP contribution < -0.4 is 5.56 Å². The number of furan rings is 1. The van der Waals surface area contributed by atoms with Gasteiger partial charge in [0.2, 0.25) is 0 Å². The summed E-state index contributed by atoms with van der Waals surface area (Å²) in [6, 6.07) is 3.44. The second kappa shape index (κ2) is 7.48. The molecular formula is C20H27N3O3. The number of aromatic nitrogens is 2. The summed E-state index contributed by atoms with van der Waals surface area (Å²) < 4.78 is 7.17. The molecule has 3 rings (SSSR count). The lowest BCUT2D eigenvalue weighted by Gasteiger charge is -2.32. The first-order valence-electron chi connectivity index (χ1n) is 9.28. The molecule has 0 radical (unpaired) electrons. The minimum atomic E-state index is 0.00621. The first-order chi connectivity index (χ1) is 12.3. The average molecular weight is 357 g/mol. The largest absolute Gasteiger partial charge is 0.466 e. The molecule has 1 fully saturated rings. The average Bonchev–Trinajstić information content (AvgIpc) is 2.95. The second-order valence-corrected chi connectivity index (χ2v) is 7.52. The molecule has 2 aromatic heterocycles. The highest BCUT2D eigenvalue weighted by atomic mass is 16.3. The summed E-state index contributed by atoms with van der Waals surface area (Å²) in [7, 11) is 0. The molecule has 1 saturated heterocycles. The number of rotatable bonds is 4. The summed E-state index contributed by atoms with van der Waals surface area (Å²) in [5, 5.41) is 0. The zero-order valence-electron chi connectivity index (χ0n) is 16.0. The zero-order valence-corrected chi connectivity index (χ0v) is 16.0. The molecule has 1 amide bonds. The molecule has 140 valence electrons. The molecule has 0 N–H and O–H groups in total. The third kappa shape index (κ3) is 3.89. The molecule has 0 atom stereocenters. The first kappa shape index (κ1) is 18.4. The van der Waals surface area contributed by atoms with Crippen LogP contribution in [0.15, 0.2) is 27.7 Å². The molecule has 0 aliphatic carbocycles. The third-order valence-electron chi connectivity index (χ3n) is 5.12. The van der Waals surface area contributed by atoms with Crippen LogP contribution in [0.25, 0.3) is 0 Å². The fraction of sp³-hybridized carbons (Fsp3) is 0.550. The number of hydrogen-bond donors (Lipinski definition) is 0. The van der Waals surface area contributed by atoms with Crippen molar-refractivity contribution in [3.8, 4) is 0 Å². The maximum atomic E-state index is 12.7. The van der Waals surface area contributed by atoms with Gasteiger partial charge < -0.3 is 9.32 Å². The van der Waals surface area contributed by atoms with Crippen molar-refractivity contribution in [3.63, 3.8) is 0 Å². The molecule has 0 bridgehead atoms. The van der Waals surface area contributed by atoms with Crippen molar-refractivity contribution in [2.75, 3.05) is 13.1 Å². The number of hydrogen-bond acceptors (Lipinski definition) is 4. The lowest BCUT2D eigenvalue weighted by atomic mass is 9.96. The van der Waals surface area contributed by atoms with Crippen LogP contribution in [0.3, 0.4) is 0 Å². The Balaban J connectivity index is 1.60. The van der Waals surface area contributed by atoms with Crippen molar-refractivity contribution in [2.24, 2.45) is 5.92 Å². The van der Waals surface area contributed by atoms with Gasteiger partial charge in [-0.1, -0.05) is 13.8 Å². The standard InChI is InChI=1S/C20H27N3O3/c1-13(2)18-10-19(24)23(12-21-18)11-16-5-7-22(8-6-16)20(25)17-9-14(3)26-15(17)4/h9-10,12-13,16H,5-8,11H2,1-4H3. The van der Waals surface area contributed by atoms with E-state index < -0.39 is 0 Å². The van der Waals surface area contributed by atoms with Crippen molar-refractivity contribution in [2.45, 2.75) is 53.0 Å². The van der Waals surface area contributed by atoms with Crippen LogP contribution in [0.5, 0.6) is 0 Å². The predicted octanol–water partition coefficient (Wildman–Crippen LogP) is 3.13. The van der Waals surface area contributed by atoms with Crippen LogP contribution in [-0.2, 0) is 6.54 Å². The number of amides is 1. The Morgan fingerprint density at radius 2 is 1.96 bits per heavy atom. The summed E-state index contributed by atoms with van der Waals surface area (Å²) in [4.78, 5) is 31.2. The molecule has 2 aromatic rings. The number of aryl methyl sites for hydroxylation is 2. The molecule has 1 aliphatic heterocycles. The zero-order chi connectivity index (χ0) is 18.8. The Kier molecular flexibility index (Phi) is 5.30. The van der Waals surface area contributed by atoms with Gasteiger partial charge in [0.05, 0.1) is 17.6 Å². The maximum Gasteiger partial charge on any atom is 0.257 e. The van der Waals surface area contributed by atoms with Crippen LogP contribution in [-0.4, -0.2) is 33.4 Å². The highest BCUT2D eigenvalue weighted by molar-refractivity contribution is 5.95. The van der Waals surface area contributed by atoms with E-state index in [-0.39, 0.29) is 17.4 Å². The van der Waals surface area contributed by atoms with Gasteiger partial charge in [-0.25, -0.2) is 4.98 Å². The van der Waals surface area contributed by atoms with Gasteiger partial charge in [-0.3, -0.25) is 14.2 Å². The van der Waals surface area contributed by atoms with Crippen LogP contribution in [0.4, 0.5) is 0 Å². The minimum absolute atomic E-state index is 0.00621. The smallest absolute Gasteiger partial charge is 0.257 e. The quantitative estimate of drug-likeness (QED) is 0.843. The van der Waals surface area contributed by atoms with E-state index in [1.807, 2.05) is 38.7 Å². The Morgan fingerprint density at radius 1 is 1.27 bits per heavy atom. The molecule has 0 spiro atoms. The van der Waals surface area contributed by atoms with Crippen molar-refractivity contribution in [1.82, 2.24) is 14.5 Å². The fourth-order valence-electron chi connectivity index (χ4n) is 3.50. The predicted molar refractivity (Wildman–Crippen MR) is 99.4 cm³/mol. The van der Waals surface area contributed by atoms with Gasteiger partial charge in [-0.15, -0.1) is 0 Å². The number of likely N-dealkylation sites (tertiary alicyclic amines) is 1. The molecule has 0 aromatic carbocycles. The Bertz CT molecular complexity index is 842. The normalized spacial score (nSPS) is 15.7. The monoisotopic (exact) mass is 357 g/mol. The molecule has 26 heavy (non-hydrogen) atoms. The summed E-state index contributed by atoms with van der Waals surface area (Å²) in [5.74, 6) is 2.12. The van der Waals surface area contributed by atoms with Crippen LogP contribution >= 0.6 is 0 Å². The van der Waals surface area contributed by atoms with Gasteiger partial charge in [0.25, 0.3) is 11.5 Å². The van der Waals surface area contributed by atoms with E-state index in [4.69, 9.17) is 4.42 Å². The van der Waals surface area contributed by atoms with E-state index in [0.717, 1.165) is 24.3 Å². The second-order valence-electron chi connectivity index (χ2n) is 7.52. The van der Waals surface area contributed by atoms with Gasteiger partial charge in [-0.05, 0) is 44.6 Å². The molecule has 6 heteroatoms. The molecular weight excluding hydrogens is 330 g/mol. The van der Waals surface area contributed by atoms with E-state index in [2.05, 4.69) is 4.98 Å². The van der Waals surface area contributed by atoms with Gasteiger partial charge in [0, 0.05) is 25.7 Å². The molecule has 0 saturated carbocycles. The van der Waals surface area contributed by atoms with Crippen LogP contribution in [0.1, 0.15) is 60.2 Å². The molecule has 1 aliphatic rings. The lowest BCUT2D eigenvalue weighted by Crippen LogP contribution is -2.40. The van der Waals surface area contributed by atoms with E-state index in [1.54, 1.807) is 17.0 Å². The number of carbonyl (C=O) groups excluding carboxylic acids is 1. The third-order valence-corrected chi connectivity index (χ3v) is 5.12. The van der Waals surface area contributed by atoms with Crippen molar-refractivity contribution >= 4 is 5.91 Å². The minimum Gasteiger partial charge on any atom is -0.466 e. The number of nitrogens with zero attached hydrogens (tertiary/aromatic N) is 3. The number of carbonyl (C=O) groups is 1. The van der Waals surface area contributed by atoms with Crippen molar-refractivity contribution in [1.29, 1.82) is 0 Å². The Labute approximate surface area is 153 Å². The molecule has 6 nitrogen and oxygen atoms in total. The molecule has 0 unspecified atom stereocenters. The van der Waals surface area contributed by atoms with Crippen LogP contribution in [0, 0.1) is 19.8 Å². The first-order valence-corrected chi connectivity index (χ1v) is 9.28. The fourth-order valence-corrected chi connectivity index (χ4v) is 3.50. The lowest BCUT2D eigenvalue weighted by molar-refractivity contribution is 0.0680. The van der Waals surface area contributed by atoms with Crippen LogP contribution in [0.2, 0.25) is 0 Å². The summed E-state index contributed by atoms with van der Waals surface area (Å²) in [6.45, 7) is 9.82. The summed E-state index contributed by atoms with van der Waals surface area (Å²) in [6.07, 6.45) is 3.44. The number of piperidine rings is 1. The highest BCUT2D eigenvalue weighted by Crippen LogP contribution is 2.22.